The molecule has 0 aliphatic rings. The van der Waals surface area contributed by atoms with Gasteiger partial charge in [-0.05, 0) is 27.7 Å². The van der Waals surface area contributed by atoms with Crippen molar-refractivity contribution in [3.05, 3.63) is 11.3 Å². The Balaban J connectivity index is 5.43. The van der Waals surface area contributed by atoms with Crippen LogP contribution >= 0.6 is 0 Å². The third-order valence-electron chi connectivity index (χ3n) is 3.53. The summed E-state index contributed by atoms with van der Waals surface area (Å²) in [4.78, 5) is 11.2. The Morgan fingerprint density at radius 2 is 1.47 bits per heavy atom. The van der Waals surface area contributed by atoms with Gasteiger partial charge in [0.2, 0.25) is 5.91 Å². The molecule has 0 bridgehead atoms. The van der Waals surface area contributed by atoms with E-state index in [0.29, 0.717) is 0 Å². The van der Waals surface area contributed by atoms with Crippen LogP contribution in [0.2, 0.25) is 0 Å². The lowest BCUT2D eigenvalue weighted by Gasteiger charge is -2.38. The molecule has 88 valence electrons. The average Bonchev–Trinajstić information content (AvgIpc) is 2.25. The molecule has 15 heavy (non-hydrogen) atoms. The topological polar surface area (TPSA) is 43.1 Å². The van der Waals surface area contributed by atoms with Crippen molar-refractivity contribution in [2.45, 2.75) is 41.0 Å². The smallest absolute Gasteiger partial charge is 0.249 e. The van der Waals surface area contributed by atoms with Gasteiger partial charge in [0.05, 0.1) is 25.2 Å². The zero-order valence-corrected chi connectivity index (χ0v) is 10.8. The second kappa shape index (κ2) is 5.91. The second-order valence-corrected chi connectivity index (χ2v) is 3.88. The Morgan fingerprint density at radius 3 is 1.67 bits per heavy atom. The minimum absolute atomic E-state index is 0.287. The van der Waals surface area contributed by atoms with E-state index in [1.807, 2.05) is 6.92 Å². The summed E-state index contributed by atoms with van der Waals surface area (Å²) >= 11 is 0. The van der Waals surface area contributed by atoms with Gasteiger partial charge in [-0.3, -0.25) is 9.28 Å². The largest absolute Gasteiger partial charge is 0.366 e. The summed E-state index contributed by atoms with van der Waals surface area (Å²) in [6.45, 7) is 13.5. The van der Waals surface area contributed by atoms with Crippen molar-refractivity contribution in [3.63, 3.8) is 0 Å². The highest BCUT2D eigenvalue weighted by atomic mass is 16.1. The van der Waals surface area contributed by atoms with Crippen molar-refractivity contribution in [1.29, 1.82) is 0 Å². The number of carbonyl (C=O) groups is 1. The van der Waals surface area contributed by atoms with Gasteiger partial charge in [-0.25, -0.2) is 0 Å². The van der Waals surface area contributed by atoms with Crippen molar-refractivity contribution in [2.24, 2.45) is 5.73 Å². The fourth-order valence-electron chi connectivity index (χ4n) is 2.34. The van der Waals surface area contributed by atoms with Crippen LogP contribution < -0.4 is 5.73 Å². The number of rotatable bonds is 6. The minimum Gasteiger partial charge on any atom is -0.366 e. The molecule has 0 aromatic rings. The molecule has 0 saturated heterocycles. The Hall–Kier alpha value is -0.830. The van der Waals surface area contributed by atoms with Crippen LogP contribution in [0.5, 0.6) is 0 Å². The zero-order chi connectivity index (χ0) is 12.1. The van der Waals surface area contributed by atoms with Crippen LogP contribution in [-0.4, -0.2) is 30.0 Å². The first-order valence-electron chi connectivity index (χ1n) is 5.85. The Kier molecular flexibility index (Phi) is 5.58. The molecule has 0 aromatic heterocycles. The van der Waals surface area contributed by atoms with Gasteiger partial charge in [0, 0.05) is 6.42 Å². The van der Waals surface area contributed by atoms with E-state index in [1.54, 1.807) is 0 Å². The Bertz CT molecular complexity index is 244. The third-order valence-corrected chi connectivity index (χ3v) is 3.53. The molecule has 2 N–H and O–H groups in total. The fourth-order valence-corrected chi connectivity index (χ4v) is 2.34. The average molecular weight is 213 g/mol. The van der Waals surface area contributed by atoms with Crippen molar-refractivity contribution in [3.8, 4) is 0 Å². The molecule has 1 amide bonds. The van der Waals surface area contributed by atoms with Crippen LogP contribution in [0.1, 0.15) is 41.0 Å². The van der Waals surface area contributed by atoms with Crippen molar-refractivity contribution < 1.29 is 9.28 Å². The molecule has 0 unspecified atom stereocenters. The maximum atomic E-state index is 11.2. The van der Waals surface area contributed by atoms with E-state index < -0.39 is 0 Å². The normalized spacial score (nSPS) is 13.7. The number of amides is 1. The number of nitrogens with two attached hydrogens (primary N) is 1. The van der Waals surface area contributed by atoms with Crippen LogP contribution in [0, 0.1) is 0 Å². The highest BCUT2D eigenvalue weighted by molar-refractivity contribution is 5.91. The van der Waals surface area contributed by atoms with Gasteiger partial charge in [-0.1, -0.05) is 6.92 Å². The van der Waals surface area contributed by atoms with Gasteiger partial charge in [0.15, 0.2) is 0 Å². The number of primary amides is 1. The molecule has 3 nitrogen and oxygen atoms in total. The van der Waals surface area contributed by atoms with Crippen LogP contribution in [0.25, 0.3) is 0 Å². The molecule has 3 heteroatoms. The second-order valence-electron chi connectivity index (χ2n) is 3.88. The summed E-state index contributed by atoms with van der Waals surface area (Å²) in [5.74, 6) is -0.287. The van der Waals surface area contributed by atoms with Gasteiger partial charge in [-0.2, -0.15) is 0 Å². The summed E-state index contributed by atoms with van der Waals surface area (Å²) < 4.78 is 0.880. The van der Waals surface area contributed by atoms with Crippen LogP contribution in [0.15, 0.2) is 11.3 Å². The van der Waals surface area contributed by atoms with Gasteiger partial charge in [0.25, 0.3) is 0 Å². The number of hydrogen-bond donors (Lipinski definition) is 1. The Morgan fingerprint density at radius 1 is 1.07 bits per heavy atom. The first-order chi connectivity index (χ1) is 6.98. The Labute approximate surface area is 93.5 Å². The summed E-state index contributed by atoms with van der Waals surface area (Å²) in [5.41, 5.74) is 7.30. The third kappa shape index (κ3) is 2.81. The predicted molar refractivity (Wildman–Crippen MR) is 64.1 cm³/mol. The molecular weight excluding hydrogens is 188 g/mol. The summed E-state index contributed by atoms with van der Waals surface area (Å²) in [7, 11) is 0. The molecule has 0 fully saturated rings. The van der Waals surface area contributed by atoms with E-state index in [2.05, 4.69) is 27.7 Å². The first kappa shape index (κ1) is 14.2. The van der Waals surface area contributed by atoms with Crippen molar-refractivity contribution in [2.75, 3.05) is 19.6 Å². The quantitative estimate of drug-likeness (QED) is 0.532. The summed E-state index contributed by atoms with van der Waals surface area (Å²) in [6, 6.07) is 0. The van der Waals surface area contributed by atoms with Crippen LogP contribution in [0.4, 0.5) is 0 Å². The lowest BCUT2D eigenvalue weighted by atomic mass is 10.1. The van der Waals surface area contributed by atoms with Crippen molar-refractivity contribution in [1.82, 2.24) is 0 Å². The van der Waals surface area contributed by atoms with E-state index in [1.165, 1.54) is 5.70 Å². The van der Waals surface area contributed by atoms with E-state index in [-0.39, 0.29) is 5.91 Å². The minimum atomic E-state index is -0.287. The van der Waals surface area contributed by atoms with Crippen molar-refractivity contribution >= 4 is 5.91 Å². The molecular formula is C12H25N2O+. The predicted octanol–water partition coefficient (Wildman–Crippen LogP) is 2.03. The first-order valence-corrected chi connectivity index (χ1v) is 5.85. The molecule has 0 aliphatic heterocycles. The highest BCUT2D eigenvalue weighted by Gasteiger charge is 2.28. The highest BCUT2D eigenvalue weighted by Crippen LogP contribution is 2.23. The van der Waals surface area contributed by atoms with E-state index in [9.17, 15) is 4.79 Å². The number of quaternary nitrogens is 1. The summed E-state index contributed by atoms with van der Waals surface area (Å²) in [6.07, 6.45) is 0.893. The van der Waals surface area contributed by atoms with Gasteiger partial charge >= 0.3 is 0 Å². The zero-order valence-electron chi connectivity index (χ0n) is 10.8. The van der Waals surface area contributed by atoms with E-state index in [0.717, 1.165) is 36.1 Å². The maximum Gasteiger partial charge on any atom is 0.249 e. The lowest BCUT2D eigenvalue weighted by molar-refractivity contribution is -0.888. The number of nitrogens with zero attached hydrogens (tertiary/aromatic N) is 1. The molecule has 0 spiro atoms. The van der Waals surface area contributed by atoms with Gasteiger partial charge in [-0.15, -0.1) is 0 Å². The molecule has 0 rings (SSSR count). The maximum absolute atomic E-state index is 11.2. The molecule has 0 atom stereocenters. The van der Waals surface area contributed by atoms with Gasteiger partial charge < -0.3 is 5.73 Å². The lowest BCUT2D eigenvalue weighted by Crippen LogP contribution is -2.47. The molecule has 0 heterocycles. The van der Waals surface area contributed by atoms with E-state index >= 15 is 0 Å². The number of carbonyl (C=O) groups excluding carboxylic acids is 1. The van der Waals surface area contributed by atoms with Crippen LogP contribution in [0.3, 0.4) is 0 Å². The summed E-state index contributed by atoms with van der Waals surface area (Å²) in [5, 5.41) is 0. The molecule has 0 aliphatic carbocycles. The molecule has 0 saturated carbocycles. The molecule has 0 radical (unpaired) electrons. The fraction of sp³-hybridized carbons (Fsp3) is 0.750. The molecule has 0 aromatic carbocycles. The van der Waals surface area contributed by atoms with E-state index in [4.69, 9.17) is 5.73 Å². The SMILES string of the molecule is CC/C(=C(/C)C(N)=O)[N+](CC)(CC)CC. The van der Waals surface area contributed by atoms with Gasteiger partial charge in [0.1, 0.15) is 5.70 Å². The standard InChI is InChI=1S/C12H24N2O/c1-6-11(10(5)12(13)15)14(7-2,8-3)9-4/h6-9H2,1-5H3,(H-,13,15)/p+1/b11-10+. The number of hydrogen-bond acceptors (Lipinski definition) is 1. The van der Waals surface area contributed by atoms with Crippen LogP contribution in [-0.2, 0) is 4.79 Å². The monoisotopic (exact) mass is 213 g/mol. The number of allylic oxidation sites excluding steroid dienone is 1.